The number of hydrogen-bond acceptors (Lipinski definition) is 3. The summed E-state index contributed by atoms with van der Waals surface area (Å²) in [5.41, 5.74) is -3.09. The Morgan fingerprint density at radius 3 is 2.13 bits per heavy atom. The Morgan fingerprint density at radius 2 is 1.63 bits per heavy atom. The van der Waals surface area contributed by atoms with Crippen molar-refractivity contribution in [1.82, 2.24) is 14.5 Å². The van der Waals surface area contributed by atoms with Crippen LogP contribution in [0, 0.1) is 0 Å². The number of likely N-dealkylation sites (tertiary alicyclic amines) is 1. The van der Waals surface area contributed by atoms with Gasteiger partial charge in [-0.2, -0.15) is 26.3 Å². The van der Waals surface area contributed by atoms with Gasteiger partial charge in [-0.3, -0.25) is 4.79 Å². The minimum atomic E-state index is -5.08. The van der Waals surface area contributed by atoms with Crippen molar-refractivity contribution in [2.45, 2.75) is 43.6 Å². The normalized spacial score (nSPS) is 18.3. The molecule has 3 rings (SSSR count). The van der Waals surface area contributed by atoms with Crippen LogP contribution in [0.5, 0.6) is 0 Å². The molecule has 1 saturated heterocycles. The van der Waals surface area contributed by atoms with Gasteiger partial charge in [0.25, 0.3) is 5.91 Å². The topological polar surface area (TPSA) is 58.4 Å². The third kappa shape index (κ3) is 4.16. The van der Waals surface area contributed by atoms with E-state index in [1.807, 2.05) is 0 Å². The number of aromatic nitrogens is 2. The Labute approximate surface area is 167 Å². The summed E-state index contributed by atoms with van der Waals surface area (Å²) >= 11 is 0. The van der Waals surface area contributed by atoms with Crippen molar-refractivity contribution in [1.29, 1.82) is 0 Å². The highest BCUT2D eigenvalue weighted by Crippen LogP contribution is 2.35. The summed E-state index contributed by atoms with van der Waals surface area (Å²) < 4.78 is 78.6. The van der Waals surface area contributed by atoms with Gasteiger partial charge in [-0.05, 0) is 44.0 Å². The van der Waals surface area contributed by atoms with E-state index in [-0.39, 0.29) is 19.0 Å². The number of amides is 1. The van der Waals surface area contributed by atoms with Crippen molar-refractivity contribution in [2.24, 2.45) is 0 Å². The molecule has 1 N–H and O–H groups in total. The second-order valence-corrected chi connectivity index (χ2v) is 7.37. The summed E-state index contributed by atoms with van der Waals surface area (Å²) in [6.45, 7) is 0.447. The SMILES string of the molecule is C[C@@](O)(C(=O)N1CCC(c2cncn2-c2ccc(C(F)(F)F)cc2)CC1)C(F)(F)F. The van der Waals surface area contributed by atoms with Gasteiger partial charge in [-0.25, -0.2) is 4.98 Å². The summed E-state index contributed by atoms with van der Waals surface area (Å²) in [5.74, 6) is -1.56. The van der Waals surface area contributed by atoms with E-state index in [2.05, 4.69) is 4.98 Å². The molecule has 1 aromatic heterocycles. The first-order chi connectivity index (χ1) is 13.8. The predicted octanol–water partition coefficient (Wildman–Crippen LogP) is 3.91. The summed E-state index contributed by atoms with van der Waals surface area (Å²) in [5, 5.41) is 9.58. The molecule has 0 unspecified atom stereocenters. The van der Waals surface area contributed by atoms with Crippen molar-refractivity contribution in [3.63, 3.8) is 0 Å². The summed E-state index contributed by atoms with van der Waals surface area (Å²) in [4.78, 5) is 17.1. The Hall–Kier alpha value is -2.56. The molecule has 0 saturated carbocycles. The fourth-order valence-corrected chi connectivity index (χ4v) is 3.44. The van der Waals surface area contributed by atoms with E-state index >= 15 is 0 Å². The lowest BCUT2D eigenvalue weighted by Gasteiger charge is -2.36. The molecular weight excluding hydrogens is 416 g/mol. The molecule has 164 valence electrons. The van der Waals surface area contributed by atoms with E-state index < -0.39 is 29.4 Å². The highest BCUT2D eigenvalue weighted by molar-refractivity contribution is 5.85. The first-order valence-electron chi connectivity index (χ1n) is 9.10. The molecular formula is C19H19F6N3O2. The van der Waals surface area contributed by atoms with Crippen molar-refractivity contribution >= 4 is 5.91 Å². The summed E-state index contributed by atoms with van der Waals surface area (Å²) in [6, 6.07) is 4.54. The molecule has 11 heteroatoms. The number of aliphatic hydroxyl groups is 1. The van der Waals surface area contributed by atoms with Gasteiger partial charge in [0.15, 0.2) is 0 Å². The van der Waals surface area contributed by atoms with Crippen molar-refractivity contribution in [3.8, 4) is 5.69 Å². The van der Waals surface area contributed by atoms with Crippen LogP contribution in [0.25, 0.3) is 5.69 Å². The maximum absolute atomic E-state index is 12.9. The number of piperidine rings is 1. The zero-order valence-electron chi connectivity index (χ0n) is 15.8. The van der Waals surface area contributed by atoms with Gasteiger partial charge in [0.1, 0.15) is 0 Å². The Morgan fingerprint density at radius 1 is 1.07 bits per heavy atom. The monoisotopic (exact) mass is 435 g/mol. The van der Waals surface area contributed by atoms with Gasteiger partial charge in [0.2, 0.25) is 5.60 Å². The van der Waals surface area contributed by atoms with Crippen LogP contribution in [-0.2, 0) is 11.0 Å². The predicted molar refractivity (Wildman–Crippen MR) is 93.8 cm³/mol. The molecule has 0 bridgehead atoms. The van der Waals surface area contributed by atoms with Gasteiger partial charge in [-0.1, -0.05) is 0 Å². The maximum Gasteiger partial charge on any atom is 0.426 e. The first-order valence-corrected chi connectivity index (χ1v) is 9.10. The van der Waals surface area contributed by atoms with Crippen LogP contribution in [0.1, 0.15) is 36.9 Å². The standard InChI is InChI=1S/C19H19F6N3O2/c1-17(30,19(23,24)25)16(29)27-8-6-12(7-9-27)15-10-26-11-28(15)14-4-2-13(3-5-14)18(20,21)22/h2-5,10-12,30H,6-9H2,1H3/t17-/m1/s1. The molecule has 2 aromatic rings. The first kappa shape index (κ1) is 22.1. The third-order valence-electron chi connectivity index (χ3n) is 5.31. The lowest BCUT2D eigenvalue weighted by atomic mass is 9.92. The fourth-order valence-electron chi connectivity index (χ4n) is 3.44. The number of hydrogen-bond donors (Lipinski definition) is 1. The van der Waals surface area contributed by atoms with Crippen molar-refractivity contribution < 1.29 is 36.2 Å². The summed E-state index contributed by atoms with van der Waals surface area (Å²) in [6.07, 6.45) is -5.89. The Bertz CT molecular complexity index is 894. The molecule has 1 aliphatic rings. The van der Waals surface area contributed by atoms with Gasteiger partial charge >= 0.3 is 12.4 Å². The van der Waals surface area contributed by atoms with E-state index in [9.17, 15) is 36.2 Å². The zero-order valence-corrected chi connectivity index (χ0v) is 15.8. The number of nitrogens with zero attached hydrogens (tertiary/aromatic N) is 3. The Kier molecular flexibility index (Phi) is 5.61. The number of imidazole rings is 1. The van der Waals surface area contributed by atoms with Gasteiger partial charge in [0, 0.05) is 36.6 Å². The minimum absolute atomic E-state index is 0.00786. The van der Waals surface area contributed by atoms with Gasteiger partial charge in [0.05, 0.1) is 11.9 Å². The van der Waals surface area contributed by atoms with Gasteiger partial charge < -0.3 is 14.6 Å². The highest BCUT2D eigenvalue weighted by Gasteiger charge is 2.57. The average molecular weight is 435 g/mol. The lowest BCUT2D eigenvalue weighted by molar-refractivity contribution is -0.250. The number of alkyl halides is 6. The zero-order chi connectivity index (χ0) is 22.3. The van der Waals surface area contributed by atoms with Crippen molar-refractivity contribution in [2.75, 3.05) is 13.1 Å². The molecule has 0 aliphatic carbocycles. The molecule has 1 atom stereocenters. The second-order valence-electron chi connectivity index (χ2n) is 7.37. The molecule has 5 nitrogen and oxygen atoms in total. The number of halogens is 6. The van der Waals surface area contributed by atoms with E-state index in [0.717, 1.165) is 17.0 Å². The van der Waals surface area contributed by atoms with E-state index in [0.29, 0.717) is 31.1 Å². The number of benzene rings is 1. The maximum atomic E-state index is 12.9. The van der Waals surface area contributed by atoms with Crippen LogP contribution in [-0.4, -0.2) is 50.3 Å². The smallest absolute Gasteiger partial charge is 0.373 e. The quantitative estimate of drug-likeness (QED) is 0.744. The lowest BCUT2D eigenvalue weighted by Crippen LogP contribution is -2.57. The third-order valence-corrected chi connectivity index (χ3v) is 5.31. The molecule has 1 amide bonds. The van der Waals surface area contributed by atoms with E-state index in [4.69, 9.17) is 0 Å². The number of carbonyl (C=O) groups excluding carboxylic acids is 1. The van der Waals surface area contributed by atoms with E-state index in [1.165, 1.54) is 18.5 Å². The van der Waals surface area contributed by atoms with Crippen LogP contribution in [0.4, 0.5) is 26.3 Å². The van der Waals surface area contributed by atoms with E-state index in [1.54, 1.807) is 10.8 Å². The molecule has 30 heavy (non-hydrogen) atoms. The van der Waals surface area contributed by atoms with Crippen LogP contribution in [0.3, 0.4) is 0 Å². The fraction of sp³-hybridized carbons (Fsp3) is 0.474. The van der Waals surface area contributed by atoms with Crippen molar-refractivity contribution in [3.05, 3.63) is 48.0 Å². The molecule has 0 spiro atoms. The summed E-state index contributed by atoms with van der Waals surface area (Å²) in [7, 11) is 0. The molecule has 0 radical (unpaired) electrons. The second kappa shape index (κ2) is 7.60. The average Bonchev–Trinajstić information content (AvgIpc) is 3.16. The number of rotatable bonds is 3. The van der Waals surface area contributed by atoms with Gasteiger partial charge in [-0.15, -0.1) is 0 Å². The molecule has 1 aromatic carbocycles. The number of carbonyl (C=O) groups is 1. The molecule has 2 heterocycles. The Balaban J connectivity index is 1.72. The molecule has 1 fully saturated rings. The van der Waals surface area contributed by atoms with Crippen LogP contribution in [0.2, 0.25) is 0 Å². The van der Waals surface area contributed by atoms with Crippen LogP contribution >= 0.6 is 0 Å². The molecule has 1 aliphatic heterocycles. The minimum Gasteiger partial charge on any atom is -0.373 e. The largest absolute Gasteiger partial charge is 0.426 e. The highest BCUT2D eigenvalue weighted by atomic mass is 19.4. The van der Waals surface area contributed by atoms with Crippen LogP contribution in [0.15, 0.2) is 36.8 Å². The van der Waals surface area contributed by atoms with Crippen LogP contribution < -0.4 is 0 Å².